The second-order valence-electron chi connectivity index (χ2n) is 4.90. The molecular weight excluding hydrogens is 270 g/mol. The first-order valence-corrected chi connectivity index (χ1v) is 7.69. The van der Waals surface area contributed by atoms with E-state index in [9.17, 15) is 5.11 Å². The lowest BCUT2D eigenvalue weighted by molar-refractivity contribution is 0.0604. The van der Waals surface area contributed by atoms with Crippen LogP contribution in [0.3, 0.4) is 0 Å². The summed E-state index contributed by atoms with van der Waals surface area (Å²) in [6.07, 6.45) is 0. The fourth-order valence-corrected chi connectivity index (χ4v) is 2.85. The first kappa shape index (κ1) is 15.0. The highest BCUT2D eigenvalue weighted by Crippen LogP contribution is 2.25. The van der Waals surface area contributed by atoms with Crippen LogP contribution in [0.15, 0.2) is 41.8 Å². The molecule has 1 atom stereocenters. The van der Waals surface area contributed by atoms with Gasteiger partial charge in [-0.25, -0.2) is 0 Å². The molecule has 20 heavy (non-hydrogen) atoms. The van der Waals surface area contributed by atoms with Crippen molar-refractivity contribution in [3.8, 4) is 5.75 Å². The van der Waals surface area contributed by atoms with E-state index >= 15 is 0 Å². The maximum atomic E-state index is 10.4. The molecule has 1 heterocycles. The highest BCUT2D eigenvalue weighted by atomic mass is 32.1. The third-order valence-corrected chi connectivity index (χ3v) is 4.23. The Labute approximate surface area is 124 Å². The van der Waals surface area contributed by atoms with Gasteiger partial charge in [0.15, 0.2) is 0 Å². The Morgan fingerprint density at radius 3 is 2.75 bits per heavy atom. The molecule has 0 saturated carbocycles. The van der Waals surface area contributed by atoms with Crippen LogP contribution < -0.4 is 10.1 Å². The van der Waals surface area contributed by atoms with E-state index in [-0.39, 0.29) is 0 Å². The van der Waals surface area contributed by atoms with Gasteiger partial charge in [0.25, 0.3) is 0 Å². The van der Waals surface area contributed by atoms with Crippen LogP contribution in [0.2, 0.25) is 0 Å². The van der Waals surface area contributed by atoms with E-state index in [2.05, 4.69) is 5.32 Å². The van der Waals surface area contributed by atoms with Gasteiger partial charge in [-0.15, -0.1) is 11.3 Å². The normalized spacial score (nSPS) is 13.9. The Hall–Kier alpha value is -1.36. The Balaban J connectivity index is 1.93. The van der Waals surface area contributed by atoms with Crippen LogP contribution in [0.5, 0.6) is 5.75 Å². The molecule has 0 aliphatic rings. The third kappa shape index (κ3) is 3.82. The molecule has 2 rings (SSSR count). The number of rotatable bonds is 7. The Morgan fingerprint density at radius 1 is 1.25 bits per heavy atom. The van der Waals surface area contributed by atoms with Gasteiger partial charge in [0, 0.05) is 23.5 Å². The van der Waals surface area contributed by atoms with Gasteiger partial charge in [-0.3, -0.25) is 0 Å². The molecule has 0 aliphatic carbocycles. The SMILES string of the molecule is CCOc1ccccc1CNCC(C)(O)c1cccs1. The summed E-state index contributed by atoms with van der Waals surface area (Å²) < 4.78 is 5.59. The van der Waals surface area contributed by atoms with Crippen molar-refractivity contribution in [2.45, 2.75) is 26.0 Å². The number of nitrogens with one attached hydrogen (secondary N) is 1. The third-order valence-electron chi connectivity index (χ3n) is 3.11. The molecule has 0 spiro atoms. The summed E-state index contributed by atoms with van der Waals surface area (Å²) in [4.78, 5) is 0.975. The van der Waals surface area contributed by atoms with Crippen LogP contribution >= 0.6 is 11.3 Å². The Bertz CT molecular complexity index is 523. The molecule has 1 unspecified atom stereocenters. The first-order chi connectivity index (χ1) is 9.63. The van der Waals surface area contributed by atoms with Crippen molar-refractivity contribution in [1.29, 1.82) is 0 Å². The molecule has 0 amide bonds. The number of thiophene rings is 1. The van der Waals surface area contributed by atoms with E-state index < -0.39 is 5.60 Å². The average molecular weight is 291 g/mol. The molecule has 3 nitrogen and oxygen atoms in total. The molecule has 1 aromatic carbocycles. The van der Waals surface area contributed by atoms with Crippen LogP contribution in [0.4, 0.5) is 0 Å². The van der Waals surface area contributed by atoms with Crippen LogP contribution in [-0.2, 0) is 12.1 Å². The summed E-state index contributed by atoms with van der Waals surface area (Å²) in [5.41, 5.74) is 0.269. The quantitative estimate of drug-likeness (QED) is 0.823. The lowest BCUT2D eigenvalue weighted by atomic mass is 10.1. The molecule has 0 bridgehead atoms. The average Bonchev–Trinajstić information content (AvgIpc) is 2.96. The molecule has 0 saturated heterocycles. The first-order valence-electron chi connectivity index (χ1n) is 6.81. The number of aliphatic hydroxyl groups is 1. The van der Waals surface area contributed by atoms with Gasteiger partial charge in [-0.1, -0.05) is 24.3 Å². The predicted molar refractivity (Wildman–Crippen MR) is 83.2 cm³/mol. The van der Waals surface area contributed by atoms with Gasteiger partial charge >= 0.3 is 0 Å². The molecule has 108 valence electrons. The van der Waals surface area contributed by atoms with Crippen molar-refractivity contribution in [2.75, 3.05) is 13.2 Å². The lowest BCUT2D eigenvalue weighted by Gasteiger charge is -2.22. The Kier molecular flexibility index (Phi) is 5.17. The van der Waals surface area contributed by atoms with E-state index in [0.29, 0.717) is 19.7 Å². The zero-order chi connectivity index (χ0) is 14.4. The summed E-state index contributed by atoms with van der Waals surface area (Å²) in [5, 5.41) is 15.7. The van der Waals surface area contributed by atoms with Gasteiger partial charge in [0.05, 0.1) is 6.61 Å². The molecule has 2 N–H and O–H groups in total. The molecule has 0 fully saturated rings. The molecule has 0 aliphatic heterocycles. The second kappa shape index (κ2) is 6.88. The summed E-state index contributed by atoms with van der Waals surface area (Å²) in [5.74, 6) is 0.901. The van der Waals surface area contributed by atoms with E-state index in [0.717, 1.165) is 16.2 Å². The van der Waals surface area contributed by atoms with Gasteiger partial charge in [0.2, 0.25) is 0 Å². The molecule has 0 radical (unpaired) electrons. The van der Waals surface area contributed by atoms with E-state index in [1.807, 2.05) is 55.6 Å². The van der Waals surface area contributed by atoms with Crippen molar-refractivity contribution in [2.24, 2.45) is 0 Å². The topological polar surface area (TPSA) is 41.5 Å². The van der Waals surface area contributed by atoms with Gasteiger partial charge in [-0.2, -0.15) is 0 Å². The lowest BCUT2D eigenvalue weighted by Crippen LogP contribution is -2.34. The number of para-hydroxylation sites is 1. The van der Waals surface area contributed by atoms with Crippen LogP contribution in [0.1, 0.15) is 24.3 Å². The maximum absolute atomic E-state index is 10.4. The van der Waals surface area contributed by atoms with Crippen LogP contribution in [0, 0.1) is 0 Å². The van der Waals surface area contributed by atoms with E-state index in [4.69, 9.17) is 4.74 Å². The summed E-state index contributed by atoms with van der Waals surface area (Å²) in [6.45, 7) is 5.65. The molecule has 4 heteroatoms. The fraction of sp³-hybridized carbons (Fsp3) is 0.375. The number of hydrogen-bond donors (Lipinski definition) is 2. The maximum Gasteiger partial charge on any atom is 0.123 e. The number of benzene rings is 1. The summed E-state index contributed by atoms with van der Waals surface area (Å²) in [7, 11) is 0. The monoisotopic (exact) mass is 291 g/mol. The minimum Gasteiger partial charge on any atom is -0.494 e. The second-order valence-corrected chi connectivity index (χ2v) is 5.84. The fourth-order valence-electron chi connectivity index (χ4n) is 2.06. The van der Waals surface area contributed by atoms with Crippen molar-refractivity contribution < 1.29 is 9.84 Å². The zero-order valence-corrected chi connectivity index (χ0v) is 12.7. The van der Waals surface area contributed by atoms with Crippen molar-refractivity contribution >= 4 is 11.3 Å². The predicted octanol–water partition coefficient (Wildman–Crippen LogP) is 3.14. The largest absolute Gasteiger partial charge is 0.494 e. The van der Waals surface area contributed by atoms with Gasteiger partial charge < -0.3 is 15.2 Å². The Morgan fingerprint density at radius 2 is 2.05 bits per heavy atom. The van der Waals surface area contributed by atoms with Crippen LogP contribution in [-0.4, -0.2) is 18.3 Å². The van der Waals surface area contributed by atoms with E-state index in [1.165, 1.54) is 0 Å². The summed E-state index contributed by atoms with van der Waals surface area (Å²) >= 11 is 1.57. The standard InChI is InChI=1S/C16H21NO2S/c1-3-19-14-8-5-4-7-13(14)11-17-12-16(2,18)15-9-6-10-20-15/h4-10,17-18H,3,11-12H2,1-2H3. The van der Waals surface area contributed by atoms with Crippen molar-refractivity contribution in [3.63, 3.8) is 0 Å². The minimum atomic E-state index is -0.839. The zero-order valence-electron chi connectivity index (χ0n) is 11.9. The highest BCUT2D eigenvalue weighted by molar-refractivity contribution is 7.10. The minimum absolute atomic E-state index is 0.508. The molecular formula is C16H21NO2S. The van der Waals surface area contributed by atoms with Crippen LogP contribution in [0.25, 0.3) is 0 Å². The number of hydrogen-bond acceptors (Lipinski definition) is 4. The van der Waals surface area contributed by atoms with Crippen molar-refractivity contribution in [3.05, 3.63) is 52.2 Å². The highest BCUT2D eigenvalue weighted by Gasteiger charge is 2.23. The van der Waals surface area contributed by atoms with Crippen molar-refractivity contribution in [1.82, 2.24) is 5.32 Å². The molecule has 1 aromatic heterocycles. The molecule has 2 aromatic rings. The van der Waals surface area contributed by atoms with Gasteiger partial charge in [0.1, 0.15) is 11.4 Å². The summed E-state index contributed by atoms with van der Waals surface area (Å²) in [6, 6.07) is 11.9. The smallest absolute Gasteiger partial charge is 0.123 e. The van der Waals surface area contributed by atoms with E-state index in [1.54, 1.807) is 11.3 Å². The van der Waals surface area contributed by atoms with Gasteiger partial charge in [-0.05, 0) is 31.4 Å². The number of ether oxygens (including phenoxy) is 1.